The Kier molecular flexibility index (Phi) is 39.1. The Morgan fingerprint density at radius 3 is 1.52 bits per heavy atom. The molecule has 0 radical (unpaired) electrons. The first-order chi connectivity index (χ1) is 70.3. The highest BCUT2D eigenvalue weighted by Gasteiger charge is 2.44. The van der Waals surface area contributed by atoms with Crippen LogP contribution in [0.3, 0.4) is 0 Å². The van der Waals surface area contributed by atoms with E-state index < -0.39 is 123 Å². The number of carbonyl (C=O) groups excluding carboxylic acids is 4. The van der Waals surface area contributed by atoms with E-state index in [9.17, 15) is 90.7 Å². The fourth-order valence-electron chi connectivity index (χ4n) is 17.9. The molecule has 149 heavy (non-hydrogen) atoms. The molecule has 9 heterocycles. The van der Waals surface area contributed by atoms with Crippen LogP contribution in [0.15, 0.2) is 198 Å². The highest BCUT2D eigenvalue weighted by Crippen LogP contribution is 2.48. The van der Waals surface area contributed by atoms with Gasteiger partial charge in [-0.3, -0.25) is 35.9 Å². The van der Waals surface area contributed by atoms with E-state index in [1.165, 1.54) is 96.2 Å². The number of halogens is 4. The number of anilines is 3. The number of aliphatic hydroxyl groups is 4. The van der Waals surface area contributed by atoms with Gasteiger partial charge in [-0.1, -0.05) is 85.8 Å². The van der Waals surface area contributed by atoms with Gasteiger partial charge in [0.2, 0.25) is 28.8 Å². The molecule has 53 heteroatoms. The second-order valence-corrected chi connectivity index (χ2v) is 46.3. The number of ketones is 4. The van der Waals surface area contributed by atoms with Gasteiger partial charge in [-0.2, -0.15) is 46.8 Å². The van der Waals surface area contributed by atoms with Crippen LogP contribution in [0.25, 0.3) is 4.85 Å². The Morgan fingerprint density at radius 1 is 0.550 bits per heavy atom. The van der Waals surface area contributed by atoms with Crippen molar-refractivity contribution in [2.75, 3.05) is 56.1 Å². The number of rotatable bonds is 38. The maximum absolute atomic E-state index is 13.7. The third-order valence-corrected chi connectivity index (χ3v) is 32.8. The minimum Gasteiger partial charge on any atom is -0.500 e. The van der Waals surface area contributed by atoms with Gasteiger partial charge >= 0.3 is 47.4 Å². The predicted octanol–water partition coefficient (Wildman–Crippen LogP) is 12.1. The highest BCUT2D eigenvalue weighted by atomic mass is 35.5. The molecule has 4 saturated carbocycles. The van der Waals surface area contributed by atoms with E-state index in [0.717, 1.165) is 80.8 Å². The van der Waals surface area contributed by atoms with E-state index in [1.54, 1.807) is 37.4 Å². The van der Waals surface area contributed by atoms with Crippen molar-refractivity contribution in [1.29, 1.82) is 0 Å². The number of carbonyl (C=O) groups is 4. The molecule has 5 aliphatic rings. The summed E-state index contributed by atoms with van der Waals surface area (Å²) in [4.78, 5) is 92.5. The van der Waals surface area contributed by atoms with Crippen molar-refractivity contribution in [2.45, 2.75) is 162 Å². The van der Waals surface area contributed by atoms with Crippen molar-refractivity contribution < 1.29 is 122 Å². The molecule has 0 amide bonds. The second kappa shape index (κ2) is 50.7. The molecule has 794 valence electrons. The number of nitrogens with two attached hydrogens (primary N) is 4. The molecule has 15 N–H and O–H groups in total. The fraction of sp³-hybridized carbons (Fsp3) is 0.365. The zero-order chi connectivity index (χ0) is 106. The van der Waals surface area contributed by atoms with Gasteiger partial charge in [-0.15, -0.1) is 45.3 Å². The zero-order valence-corrected chi connectivity index (χ0v) is 86.6. The number of alkyl halides is 3. The number of methoxy groups -OCH3 is 1. The first-order valence-electron chi connectivity index (χ1n) is 45.5. The van der Waals surface area contributed by atoms with E-state index >= 15 is 0 Å². The SMILES string of the molecule is C.COc1cccc(Cc2csc(C(=O)c3cncnc3N[C@@H]3C[C@H](COS(N)(=O)=O)[C@@H](O)C3)c2)c1.Cc1sc(C(=O)c2cncnc2N[C@@H]2C[C@H](COS(N)(=O)=O)[C@@H](O)C2)cc1C1(c2ccccc2)CCCO1.NS(=O)(=O)OC[C@H]1C[C@@H](Nc2ncncc2C(=O)c2cc(S(=O)c3cccc(C(F)(F)F)c3)c(Cl)s2)C[C@@H]1O.[C-]#[N+]c1ccccc1OCc1csc(C(=O)c2cncnc2C[C@@H]2C[C@H](COS(N)(=O)=O)[C@@H](O)C2)c1. The Balaban J connectivity index is 0.000000165. The summed E-state index contributed by atoms with van der Waals surface area (Å²) in [6, 6.07) is 34.8. The normalized spacial score (nSPS) is 21.3. The molecule has 1 aliphatic heterocycles. The van der Waals surface area contributed by atoms with Crippen LogP contribution >= 0.6 is 56.9 Å². The number of hydrogen-bond donors (Lipinski definition) is 11. The standard InChI is InChI=1S/C26H30N4O6S2.C24H24N4O6S2.C23H26N4O6S2.C22H20ClF3N4O6S3.CH4/c1-16-21(26(8-5-9-35-26)18-6-3-2-4-7-18)12-23(37-16)24(32)20-13-28-15-29-25(20)30-19-10-17(22(31)11-19)14-36-38(27,33)34;1-26-19-4-2-3-5-22(19)33-11-16-9-23(35-13-16)24(30)18-10-27-14-28-20(18)7-15-6-17(21(29)8-15)12-34-36(25,31)32;1-32-18-4-2-3-14(6-18)5-15-7-21(34-12-15)22(29)19-10-25-13-26-23(19)27-17-8-16(20(28)9-17)11-33-35(24,30)31;23-20-18(38(33)14-3-1-2-12(5-14)22(24,25)26)7-17(37-20)19(32)15-8-28-10-29-21(15)30-13-4-11(16(31)6-13)9-36-39(27,34)35;/h2-4,6-7,12-13,15,17,19,22,31H,5,8-11,14H2,1H3,(H2,27,33,34)(H,28,29,30);2-5,9-10,13-15,17,21,29H,6-8,11-12H2,(H2,25,31,32);2-4,6-7,10,12-13,16-17,20,28H,5,8-9,11H2,1H3,(H2,24,30,31)(H,25,26,27);1-3,5,7-8,10-11,13,16,31H,4,6,9H2,(H2,27,34,35)(H,28,29,30);1H4/t17-,19-,22+,26?;15-,17+,21-;16-,17-,20+;11-,13-,16+,38?;/m1011./s1. The number of aromatic nitrogens is 8. The largest absolute Gasteiger partial charge is 0.500 e. The van der Waals surface area contributed by atoms with Crippen LogP contribution in [0, 0.1) is 43.1 Å². The molecule has 1 saturated heterocycles. The second-order valence-electron chi connectivity index (χ2n) is 35.3. The summed E-state index contributed by atoms with van der Waals surface area (Å²) in [5.41, 5.74) is 5.45. The van der Waals surface area contributed by atoms with Gasteiger partial charge in [0.15, 0.2) is 0 Å². The van der Waals surface area contributed by atoms with Crippen LogP contribution in [-0.4, -0.2) is 204 Å². The number of para-hydroxylation sites is 2. The van der Waals surface area contributed by atoms with E-state index in [4.69, 9.17) is 52.9 Å². The van der Waals surface area contributed by atoms with Crippen molar-refractivity contribution >= 4 is 155 Å². The number of nitrogens with one attached hydrogen (secondary N) is 3. The van der Waals surface area contributed by atoms with Crippen molar-refractivity contribution in [2.24, 2.45) is 50.1 Å². The summed E-state index contributed by atoms with van der Waals surface area (Å²) < 4.78 is 177. The lowest BCUT2D eigenvalue weighted by atomic mass is 9.84. The predicted molar refractivity (Wildman–Crippen MR) is 548 cm³/mol. The quantitative estimate of drug-likeness (QED) is 0.0126. The summed E-state index contributed by atoms with van der Waals surface area (Å²) in [7, 11) is -16.9. The van der Waals surface area contributed by atoms with Gasteiger partial charge in [-0.05, 0) is 178 Å². The van der Waals surface area contributed by atoms with Crippen LogP contribution in [0.5, 0.6) is 11.5 Å². The first kappa shape index (κ1) is 115. The first-order valence-corrected chi connectivity index (χ1v) is 56.3. The van der Waals surface area contributed by atoms with Gasteiger partial charge in [0.05, 0.1) is 133 Å². The number of nitrogens with zero attached hydrogens (tertiary/aromatic N) is 9. The van der Waals surface area contributed by atoms with Crippen LogP contribution in [0.4, 0.5) is 36.3 Å². The molecule has 4 aliphatic carbocycles. The highest BCUT2D eigenvalue weighted by molar-refractivity contribution is 7.85. The molecule has 0 spiro atoms. The lowest BCUT2D eigenvalue weighted by molar-refractivity contribution is -0.137. The van der Waals surface area contributed by atoms with Crippen LogP contribution in [0.1, 0.15) is 177 Å². The zero-order valence-electron chi connectivity index (χ0n) is 78.5. The van der Waals surface area contributed by atoms with Crippen molar-refractivity contribution in [3.05, 3.63) is 290 Å². The average molecular weight is 2250 g/mol. The molecule has 12 aromatic rings. The molecule has 14 atom stereocenters. The maximum Gasteiger partial charge on any atom is 0.416 e. The monoisotopic (exact) mass is 2240 g/mol. The third kappa shape index (κ3) is 31.2. The van der Waals surface area contributed by atoms with Gasteiger partial charge in [0, 0.05) is 94.1 Å². The minimum absolute atomic E-state index is 0. The lowest BCUT2D eigenvalue weighted by Crippen LogP contribution is -2.26. The minimum atomic E-state index is -4.62. The summed E-state index contributed by atoms with van der Waals surface area (Å²) in [6.45, 7) is 9.19. The van der Waals surface area contributed by atoms with E-state index in [-0.39, 0.29) is 119 Å². The van der Waals surface area contributed by atoms with Crippen molar-refractivity contribution in [3.8, 4) is 11.5 Å². The van der Waals surface area contributed by atoms with Crippen molar-refractivity contribution in [1.82, 2.24) is 39.9 Å². The number of aliphatic hydroxyl groups excluding tert-OH is 4. The van der Waals surface area contributed by atoms with Gasteiger partial charge < -0.3 is 50.6 Å². The summed E-state index contributed by atoms with van der Waals surface area (Å²) >= 11 is 11.1. The molecular weight excluding hydrogens is 2140 g/mol. The Morgan fingerprint density at radius 2 is 1.01 bits per heavy atom. The Hall–Kier alpha value is -11.3. The Labute approximate surface area is 879 Å². The smallest absolute Gasteiger partial charge is 0.416 e. The molecule has 8 aromatic heterocycles. The summed E-state index contributed by atoms with van der Waals surface area (Å²) in [5.74, 6) is -0.846. The lowest BCUT2D eigenvalue weighted by Gasteiger charge is -2.29. The molecule has 0 bridgehead atoms. The van der Waals surface area contributed by atoms with E-state index in [1.807, 2.05) is 72.3 Å². The number of benzene rings is 4. The van der Waals surface area contributed by atoms with Gasteiger partial charge in [-0.25, -0.2) is 69.5 Å². The van der Waals surface area contributed by atoms with Gasteiger partial charge in [0.25, 0.3) is 0 Å². The molecular formula is C96H104ClF3N16O24S9. The number of ether oxygens (including phenoxy) is 3. The molecule has 5 fully saturated rings. The van der Waals surface area contributed by atoms with Gasteiger partial charge in [0.1, 0.15) is 70.8 Å². The maximum atomic E-state index is 13.7. The topological polar surface area (TPSA) is 615 Å². The third-order valence-electron chi connectivity index (χ3n) is 24.9. The van der Waals surface area contributed by atoms with Crippen LogP contribution in [-0.2, 0) is 105 Å². The molecule has 17 rings (SSSR count). The molecule has 2 unspecified atom stereocenters. The van der Waals surface area contributed by atoms with E-state index in [2.05, 4.69) is 89.5 Å². The number of hydrogen-bond acceptors (Lipinski definition) is 39. The van der Waals surface area contributed by atoms with Crippen LogP contribution < -0.4 is 46.0 Å². The summed E-state index contributed by atoms with van der Waals surface area (Å²) in [6.07, 6.45) is 9.02. The number of aryl methyl sites for hydroxylation is 1. The van der Waals surface area contributed by atoms with Crippen molar-refractivity contribution in [3.63, 3.8) is 0 Å². The summed E-state index contributed by atoms with van der Waals surface area (Å²) in [5, 5.41) is 74.0. The van der Waals surface area contributed by atoms with Crippen LogP contribution in [0.2, 0.25) is 4.34 Å². The molecule has 4 aromatic carbocycles. The fourth-order valence-corrected chi connectivity index (χ4v) is 24.8. The number of thiophene rings is 4. The molecule has 40 nitrogen and oxygen atoms in total. The average Bonchev–Trinajstić information content (AvgIpc) is 1.60. The van der Waals surface area contributed by atoms with E-state index in [0.29, 0.717) is 124 Å². The Bertz CT molecular complexity index is 7320.